The van der Waals surface area contributed by atoms with E-state index in [2.05, 4.69) is 4.72 Å². The summed E-state index contributed by atoms with van der Waals surface area (Å²) in [6, 6.07) is 0. The molecule has 1 aliphatic rings. The molecular formula is C10H19NO6S2. The summed E-state index contributed by atoms with van der Waals surface area (Å²) >= 11 is 0. The molecule has 19 heavy (non-hydrogen) atoms. The van der Waals surface area contributed by atoms with E-state index in [4.69, 9.17) is 0 Å². The van der Waals surface area contributed by atoms with Gasteiger partial charge in [-0.1, -0.05) is 6.92 Å². The fourth-order valence-electron chi connectivity index (χ4n) is 2.22. The largest absolute Gasteiger partial charge is 0.480 e. The SMILES string of the molecule is CC1CCC(NS(=O)(=O)CS(C)(=O)=O)(C(=O)O)CC1. The molecule has 0 aliphatic heterocycles. The number of sulfone groups is 1. The highest BCUT2D eigenvalue weighted by Crippen LogP contribution is 2.32. The van der Waals surface area contributed by atoms with Crippen LogP contribution in [0.1, 0.15) is 32.6 Å². The molecule has 0 heterocycles. The van der Waals surface area contributed by atoms with Gasteiger partial charge in [0.1, 0.15) is 5.54 Å². The van der Waals surface area contributed by atoms with E-state index >= 15 is 0 Å². The van der Waals surface area contributed by atoms with Crippen LogP contribution in [0.2, 0.25) is 0 Å². The van der Waals surface area contributed by atoms with Gasteiger partial charge in [-0.25, -0.2) is 16.8 Å². The molecule has 0 atom stereocenters. The van der Waals surface area contributed by atoms with Crippen molar-refractivity contribution in [2.75, 3.05) is 11.3 Å². The number of aliphatic carboxylic acids is 1. The second kappa shape index (κ2) is 5.37. The lowest BCUT2D eigenvalue weighted by atomic mass is 9.78. The summed E-state index contributed by atoms with van der Waals surface area (Å²) in [5, 5.41) is 8.17. The molecule has 2 N–H and O–H groups in total. The van der Waals surface area contributed by atoms with Crippen molar-refractivity contribution < 1.29 is 26.7 Å². The molecule has 0 aromatic carbocycles. The topological polar surface area (TPSA) is 118 Å². The highest BCUT2D eigenvalue weighted by Gasteiger charge is 2.44. The Hall–Kier alpha value is -0.670. The first-order valence-electron chi connectivity index (χ1n) is 5.89. The van der Waals surface area contributed by atoms with Gasteiger partial charge in [-0.15, -0.1) is 0 Å². The fraction of sp³-hybridized carbons (Fsp3) is 0.900. The third-order valence-corrected chi connectivity index (χ3v) is 6.91. The Morgan fingerprint density at radius 1 is 1.26 bits per heavy atom. The summed E-state index contributed by atoms with van der Waals surface area (Å²) in [5.41, 5.74) is -1.57. The number of hydrogen-bond acceptors (Lipinski definition) is 5. The molecule has 112 valence electrons. The van der Waals surface area contributed by atoms with Gasteiger partial charge in [0.2, 0.25) is 10.0 Å². The van der Waals surface area contributed by atoms with Crippen molar-refractivity contribution in [1.29, 1.82) is 0 Å². The normalized spacial score (nSPS) is 29.1. The average Bonchev–Trinajstić information content (AvgIpc) is 2.17. The minimum absolute atomic E-state index is 0.173. The predicted octanol–water partition coefficient (Wildman–Crippen LogP) is -0.0586. The Kier molecular flexibility index (Phi) is 4.63. The lowest BCUT2D eigenvalue weighted by Gasteiger charge is -2.35. The van der Waals surface area contributed by atoms with Crippen LogP contribution in [0, 0.1) is 5.92 Å². The van der Waals surface area contributed by atoms with Crippen molar-refractivity contribution in [3.8, 4) is 0 Å². The molecule has 1 aliphatic carbocycles. The lowest BCUT2D eigenvalue weighted by Crippen LogP contribution is -2.57. The summed E-state index contributed by atoms with van der Waals surface area (Å²) < 4.78 is 47.7. The van der Waals surface area contributed by atoms with Gasteiger partial charge in [0.05, 0.1) is 0 Å². The number of carboxylic acid groups (broad SMARTS) is 1. The van der Waals surface area contributed by atoms with Gasteiger partial charge in [-0.05, 0) is 31.6 Å². The van der Waals surface area contributed by atoms with Crippen LogP contribution in [0.4, 0.5) is 0 Å². The van der Waals surface area contributed by atoms with Gasteiger partial charge >= 0.3 is 5.97 Å². The highest BCUT2D eigenvalue weighted by molar-refractivity contribution is 8.06. The molecular weight excluding hydrogens is 294 g/mol. The second-order valence-electron chi connectivity index (χ2n) is 5.33. The summed E-state index contributed by atoms with van der Waals surface area (Å²) in [4.78, 5) is 11.3. The quantitative estimate of drug-likeness (QED) is 0.734. The molecule has 0 unspecified atom stereocenters. The monoisotopic (exact) mass is 313 g/mol. The van der Waals surface area contributed by atoms with Crippen molar-refractivity contribution in [3.63, 3.8) is 0 Å². The van der Waals surface area contributed by atoms with Gasteiger partial charge in [-0.2, -0.15) is 4.72 Å². The van der Waals surface area contributed by atoms with Crippen molar-refractivity contribution in [1.82, 2.24) is 4.72 Å². The van der Waals surface area contributed by atoms with E-state index in [1.54, 1.807) is 0 Å². The molecule has 1 saturated carbocycles. The molecule has 0 bridgehead atoms. The van der Waals surface area contributed by atoms with Crippen LogP contribution >= 0.6 is 0 Å². The Bertz CT molecular complexity index is 543. The maximum absolute atomic E-state index is 11.8. The number of rotatable bonds is 5. The summed E-state index contributed by atoms with van der Waals surface area (Å²) in [6.45, 7) is 1.97. The Morgan fingerprint density at radius 2 is 1.74 bits per heavy atom. The Balaban J connectivity index is 2.95. The fourth-order valence-corrected chi connectivity index (χ4v) is 5.60. The molecule has 0 saturated heterocycles. The molecule has 0 radical (unpaired) electrons. The standard InChI is InChI=1S/C10H19NO6S2/c1-8-3-5-10(6-4-8,9(12)13)11-19(16,17)7-18(2,14)15/h8,11H,3-7H2,1-2H3,(H,12,13). The lowest BCUT2D eigenvalue weighted by molar-refractivity contribution is -0.145. The van der Waals surface area contributed by atoms with Crippen molar-refractivity contribution in [2.24, 2.45) is 5.92 Å². The minimum Gasteiger partial charge on any atom is -0.480 e. The predicted molar refractivity (Wildman–Crippen MR) is 69.8 cm³/mol. The summed E-state index contributed by atoms with van der Waals surface area (Å²) in [6.07, 6.45) is 2.32. The third-order valence-electron chi connectivity index (χ3n) is 3.26. The number of sulfonamides is 1. The Morgan fingerprint density at radius 3 is 2.11 bits per heavy atom. The molecule has 1 fully saturated rings. The van der Waals surface area contributed by atoms with Gasteiger partial charge in [0, 0.05) is 6.26 Å². The van der Waals surface area contributed by atoms with Crippen molar-refractivity contribution in [2.45, 2.75) is 38.1 Å². The van der Waals surface area contributed by atoms with Gasteiger partial charge < -0.3 is 5.11 Å². The van der Waals surface area contributed by atoms with Gasteiger partial charge in [0.15, 0.2) is 14.9 Å². The maximum atomic E-state index is 11.8. The van der Waals surface area contributed by atoms with Crippen LogP contribution in [0.5, 0.6) is 0 Å². The summed E-state index contributed by atoms with van der Waals surface area (Å²) in [7, 11) is -7.92. The average molecular weight is 313 g/mol. The zero-order valence-electron chi connectivity index (χ0n) is 10.9. The zero-order chi connectivity index (χ0) is 14.9. The third kappa shape index (κ3) is 4.73. The van der Waals surface area contributed by atoms with Gasteiger partial charge in [0.25, 0.3) is 0 Å². The van der Waals surface area contributed by atoms with Crippen molar-refractivity contribution >= 4 is 25.8 Å². The van der Waals surface area contributed by atoms with E-state index in [0.29, 0.717) is 18.8 Å². The number of hydrogen-bond donors (Lipinski definition) is 2. The number of nitrogens with one attached hydrogen (secondary N) is 1. The molecule has 0 spiro atoms. The molecule has 7 nitrogen and oxygen atoms in total. The van der Waals surface area contributed by atoms with Gasteiger partial charge in [-0.3, -0.25) is 4.79 Å². The smallest absolute Gasteiger partial charge is 0.324 e. The van der Waals surface area contributed by atoms with Crippen LogP contribution in [0.3, 0.4) is 0 Å². The maximum Gasteiger partial charge on any atom is 0.324 e. The van der Waals surface area contributed by atoms with E-state index in [-0.39, 0.29) is 12.8 Å². The zero-order valence-corrected chi connectivity index (χ0v) is 12.6. The number of carbonyl (C=O) groups is 1. The van der Waals surface area contributed by atoms with Crippen LogP contribution in [0.15, 0.2) is 0 Å². The van der Waals surface area contributed by atoms with E-state index in [9.17, 15) is 26.7 Å². The first-order chi connectivity index (χ1) is 8.46. The van der Waals surface area contributed by atoms with Crippen LogP contribution in [0.25, 0.3) is 0 Å². The Labute approximate surface area is 113 Å². The first kappa shape index (κ1) is 16.4. The first-order valence-corrected chi connectivity index (χ1v) is 9.60. The van der Waals surface area contributed by atoms with E-state index in [1.165, 1.54) is 0 Å². The minimum atomic E-state index is -4.18. The molecule has 9 heteroatoms. The van der Waals surface area contributed by atoms with E-state index < -0.39 is 36.5 Å². The van der Waals surface area contributed by atoms with E-state index in [1.807, 2.05) is 6.92 Å². The molecule has 0 aromatic heterocycles. The molecule has 1 rings (SSSR count). The van der Waals surface area contributed by atoms with Crippen LogP contribution in [-0.2, 0) is 24.7 Å². The number of carboxylic acids is 1. The highest BCUT2D eigenvalue weighted by atomic mass is 32.3. The molecule has 0 amide bonds. The van der Waals surface area contributed by atoms with E-state index in [0.717, 1.165) is 6.26 Å². The van der Waals surface area contributed by atoms with Crippen LogP contribution < -0.4 is 4.72 Å². The van der Waals surface area contributed by atoms with Crippen molar-refractivity contribution in [3.05, 3.63) is 0 Å². The van der Waals surface area contributed by atoms with Crippen LogP contribution in [-0.4, -0.2) is 44.8 Å². The second-order valence-corrected chi connectivity index (χ2v) is 9.56. The molecule has 0 aromatic rings. The summed E-state index contributed by atoms with van der Waals surface area (Å²) in [5.74, 6) is -0.914.